The Bertz CT molecular complexity index is 92.1. The van der Waals surface area contributed by atoms with Gasteiger partial charge in [-0.3, -0.25) is 0 Å². The predicted octanol–water partition coefficient (Wildman–Crippen LogP) is 1.57. The Morgan fingerprint density at radius 2 is 1.82 bits per heavy atom. The standard InChI is InChI=1S/C8H17NO.ClH/c1-10-6-7-2-4-8(9)5-3-7;/h7-8H,2-6,9H2,1H3;1H/t7-,8-;. The maximum atomic E-state index is 5.75. The molecule has 0 aliphatic heterocycles. The van der Waals surface area contributed by atoms with Crippen LogP contribution in [0.25, 0.3) is 0 Å². The van der Waals surface area contributed by atoms with Crippen LogP contribution in [0, 0.1) is 5.92 Å². The molecule has 1 fully saturated rings. The third-order valence-electron chi connectivity index (χ3n) is 2.29. The summed E-state index contributed by atoms with van der Waals surface area (Å²) in [6.07, 6.45) is 4.89. The Kier molecular flexibility index (Phi) is 5.92. The Morgan fingerprint density at radius 1 is 1.27 bits per heavy atom. The second-order valence-corrected chi connectivity index (χ2v) is 3.24. The SMILES string of the molecule is COC[C@H]1CC[C@H](N)CC1.Cl. The van der Waals surface area contributed by atoms with Gasteiger partial charge in [-0.2, -0.15) is 0 Å². The fourth-order valence-electron chi connectivity index (χ4n) is 1.59. The first-order valence-corrected chi connectivity index (χ1v) is 4.07. The molecule has 1 saturated carbocycles. The summed E-state index contributed by atoms with van der Waals surface area (Å²) in [4.78, 5) is 0. The normalized spacial score (nSPS) is 31.1. The van der Waals surface area contributed by atoms with Crippen molar-refractivity contribution < 1.29 is 4.74 Å². The number of hydrogen-bond acceptors (Lipinski definition) is 2. The van der Waals surface area contributed by atoms with Crippen LogP contribution in [0.4, 0.5) is 0 Å². The van der Waals surface area contributed by atoms with E-state index in [1.807, 2.05) is 0 Å². The van der Waals surface area contributed by atoms with Crippen LogP contribution in [-0.4, -0.2) is 19.8 Å². The van der Waals surface area contributed by atoms with Gasteiger partial charge in [-0.05, 0) is 31.6 Å². The van der Waals surface area contributed by atoms with Crippen molar-refractivity contribution in [2.75, 3.05) is 13.7 Å². The molecule has 0 spiro atoms. The number of methoxy groups -OCH3 is 1. The Labute approximate surface area is 74.9 Å². The Morgan fingerprint density at radius 3 is 2.27 bits per heavy atom. The smallest absolute Gasteiger partial charge is 0.0490 e. The van der Waals surface area contributed by atoms with Gasteiger partial charge in [0.2, 0.25) is 0 Å². The molecule has 1 rings (SSSR count). The topological polar surface area (TPSA) is 35.2 Å². The van der Waals surface area contributed by atoms with E-state index in [1.54, 1.807) is 7.11 Å². The minimum atomic E-state index is 0. The molecule has 68 valence electrons. The average molecular weight is 180 g/mol. The fraction of sp³-hybridized carbons (Fsp3) is 1.00. The lowest BCUT2D eigenvalue weighted by molar-refractivity contribution is 0.127. The third kappa shape index (κ3) is 3.94. The highest BCUT2D eigenvalue weighted by Crippen LogP contribution is 2.22. The molecular formula is C8H18ClNO. The van der Waals surface area contributed by atoms with Gasteiger partial charge < -0.3 is 10.5 Å². The van der Waals surface area contributed by atoms with Gasteiger partial charge in [0.1, 0.15) is 0 Å². The highest BCUT2D eigenvalue weighted by Gasteiger charge is 2.17. The number of halogens is 1. The molecule has 2 N–H and O–H groups in total. The van der Waals surface area contributed by atoms with Crippen molar-refractivity contribution in [2.24, 2.45) is 11.7 Å². The van der Waals surface area contributed by atoms with E-state index in [2.05, 4.69) is 0 Å². The zero-order valence-electron chi connectivity index (χ0n) is 7.08. The number of rotatable bonds is 2. The average Bonchev–Trinajstić information content (AvgIpc) is 1.95. The third-order valence-corrected chi connectivity index (χ3v) is 2.29. The first kappa shape index (κ1) is 11.2. The van der Waals surface area contributed by atoms with Crippen LogP contribution >= 0.6 is 12.4 Å². The van der Waals surface area contributed by atoms with E-state index < -0.39 is 0 Å². The largest absolute Gasteiger partial charge is 0.384 e. The van der Waals surface area contributed by atoms with Gasteiger partial charge in [0.15, 0.2) is 0 Å². The molecule has 11 heavy (non-hydrogen) atoms. The number of hydrogen-bond donors (Lipinski definition) is 1. The molecule has 2 nitrogen and oxygen atoms in total. The number of ether oxygens (including phenoxy) is 1. The molecule has 1 aliphatic rings. The Balaban J connectivity index is 0.000001000. The Hall–Kier alpha value is 0.210. The first-order chi connectivity index (χ1) is 4.83. The van der Waals surface area contributed by atoms with E-state index in [1.165, 1.54) is 25.7 Å². The van der Waals surface area contributed by atoms with Crippen molar-refractivity contribution in [3.8, 4) is 0 Å². The lowest BCUT2D eigenvalue weighted by Gasteiger charge is -2.25. The lowest BCUT2D eigenvalue weighted by Crippen LogP contribution is -2.27. The number of nitrogens with two attached hydrogens (primary N) is 1. The van der Waals surface area contributed by atoms with Crippen LogP contribution in [0.1, 0.15) is 25.7 Å². The minimum absolute atomic E-state index is 0. The van der Waals surface area contributed by atoms with Gasteiger partial charge in [0.05, 0.1) is 0 Å². The van der Waals surface area contributed by atoms with Crippen LogP contribution in [0.2, 0.25) is 0 Å². The van der Waals surface area contributed by atoms with Crippen LogP contribution in [0.5, 0.6) is 0 Å². The zero-order valence-corrected chi connectivity index (χ0v) is 7.90. The molecule has 0 radical (unpaired) electrons. The molecule has 1 aliphatic carbocycles. The van der Waals surface area contributed by atoms with E-state index in [-0.39, 0.29) is 12.4 Å². The zero-order chi connectivity index (χ0) is 7.40. The van der Waals surface area contributed by atoms with E-state index in [0.29, 0.717) is 6.04 Å². The van der Waals surface area contributed by atoms with Crippen molar-refractivity contribution in [3.05, 3.63) is 0 Å². The van der Waals surface area contributed by atoms with Crippen molar-refractivity contribution in [1.29, 1.82) is 0 Å². The monoisotopic (exact) mass is 179 g/mol. The van der Waals surface area contributed by atoms with Gasteiger partial charge in [0.25, 0.3) is 0 Å². The van der Waals surface area contributed by atoms with E-state index in [4.69, 9.17) is 10.5 Å². The van der Waals surface area contributed by atoms with Gasteiger partial charge in [-0.1, -0.05) is 0 Å². The van der Waals surface area contributed by atoms with Gasteiger partial charge >= 0.3 is 0 Å². The second-order valence-electron chi connectivity index (χ2n) is 3.24. The summed E-state index contributed by atoms with van der Waals surface area (Å²) in [5.74, 6) is 0.782. The van der Waals surface area contributed by atoms with Crippen LogP contribution < -0.4 is 5.73 Å². The van der Waals surface area contributed by atoms with Crippen LogP contribution in [0.3, 0.4) is 0 Å². The van der Waals surface area contributed by atoms with E-state index in [9.17, 15) is 0 Å². The summed E-state index contributed by atoms with van der Waals surface area (Å²) in [6.45, 7) is 0.923. The molecule has 0 aromatic rings. The first-order valence-electron chi connectivity index (χ1n) is 4.07. The van der Waals surface area contributed by atoms with Gasteiger partial charge in [-0.15, -0.1) is 12.4 Å². The van der Waals surface area contributed by atoms with Gasteiger partial charge in [-0.25, -0.2) is 0 Å². The summed E-state index contributed by atoms with van der Waals surface area (Å²) in [7, 11) is 1.77. The molecule has 0 unspecified atom stereocenters. The summed E-state index contributed by atoms with van der Waals surface area (Å²) >= 11 is 0. The molecule has 3 heteroatoms. The van der Waals surface area contributed by atoms with Gasteiger partial charge in [0, 0.05) is 19.8 Å². The molecule has 0 heterocycles. The molecular weight excluding hydrogens is 162 g/mol. The quantitative estimate of drug-likeness (QED) is 0.699. The van der Waals surface area contributed by atoms with Crippen molar-refractivity contribution in [3.63, 3.8) is 0 Å². The summed E-state index contributed by atoms with van der Waals surface area (Å²) < 4.78 is 5.08. The second kappa shape index (κ2) is 5.81. The summed E-state index contributed by atoms with van der Waals surface area (Å²) in [6, 6.07) is 0.466. The maximum absolute atomic E-state index is 5.75. The summed E-state index contributed by atoms with van der Waals surface area (Å²) in [5, 5.41) is 0. The molecule has 0 aromatic carbocycles. The van der Waals surface area contributed by atoms with Crippen molar-refractivity contribution >= 4 is 12.4 Å². The molecule has 0 atom stereocenters. The maximum Gasteiger partial charge on any atom is 0.0490 e. The predicted molar refractivity (Wildman–Crippen MR) is 49.1 cm³/mol. The van der Waals surface area contributed by atoms with Crippen molar-refractivity contribution in [1.82, 2.24) is 0 Å². The lowest BCUT2D eigenvalue weighted by atomic mass is 9.87. The van der Waals surface area contributed by atoms with E-state index >= 15 is 0 Å². The van der Waals surface area contributed by atoms with Crippen LogP contribution in [0.15, 0.2) is 0 Å². The highest BCUT2D eigenvalue weighted by atomic mass is 35.5. The summed E-state index contributed by atoms with van der Waals surface area (Å²) in [5.41, 5.74) is 5.75. The van der Waals surface area contributed by atoms with Crippen molar-refractivity contribution in [2.45, 2.75) is 31.7 Å². The van der Waals surface area contributed by atoms with Crippen LogP contribution in [-0.2, 0) is 4.74 Å². The minimum Gasteiger partial charge on any atom is -0.384 e. The molecule has 0 aromatic heterocycles. The fourth-order valence-corrected chi connectivity index (χ4v) is 1.59. The van der Waals surface area contributed by atoms with E-state index in [0.717, 1.165) is 12.5 Å². The molecule has 0 amide bonds. The molecule has 0 saturated heterocycles. The molecule has 0 bridgehead atoms. The highest BCUT2D eigenvalue weighted by molar-refractivity contribution is 5.85.